The lowest BCUT2D eigenvalue weighted by molar-refractivity contribution is -0.116. The lowest BCUT2D eigenvalue weighted by Crippen LogP contribution is -2.01. The second kappa shape index (κ2) is 5.95. The Morgan fingerprint density at radius 1 is 1.67 bits per heavy atom. The highest BCUT2D eigenvalue weighted by Crippen LogP contribution is 2.02. The fourth-order valence-electron chi connectivity index (χ4n) is 0.411. The van der Waals surface area contributed by atoms with Crippen molar-refractivity contribution in [1.29, 1.82) is 0 Å². The SMILES string of the molecule is CCCCSCC([NH])=O. The summed E-state index contributed by atoms with van der Waals surface area (Å²) in [6.45, 7) is 2.11. The maximum Gasteiger partial charge on any atom is 0.248 e. The molecular formula is C6H12NOS. The Hall–Kier alpha value is -0.180. The van der Waals surface area contributed by atoms with Gasteiger partial charge in [-0.25, -0.2) is 0 Å². The van der Waals surface area contributed by atoms with Gasteiger partial charge in [0.05, 0.1) is 5.75 Å². The lowest BCUT2D eigenvalue weighted by atomic mass is 10.4. The fraction of sp³-hybridized carbons (Fsp3) is 0.833. The van der Waals surface area contributed by atoms with Crippen LogP contribution >= 0.6 is 11.8 Å². The molecule has 1 radical (unpaired) electrons. The molecule has 2 nitrogen and oxygen atoms in total. The second-order valence-electron chi connectivity index (χ2n) is 1.83. The molecule has 0 aliphatic carbocycles. The van der Waals surface area contributed by atoms with E-state index in [9.17, 15) is 4.79 Å². The topological polar surface area (TPSA) is 40.9 Å². The second-order valence-corrected chi connectivity index (χ2v) is 2.93. The summed E-state index contributed by atoms with van der Waals surface area (Å²) in [7, 11) is 0. The van der Waals surface area contributed by atoms with Gasteiger partial charge in [-0.2, -0.15) is 11.8 Å². The number of hydrogen-bond acceptors (Lipinski definition) is 2. The van der Waals surface area contributed by atoms with Crippen LogP contribution in [-0.4, -0.2) is 17.4 Å². The molecule has 0 unspecified atom stereocenters. The Labute approximate surface area is 60.2 Å². The molecule has 0 rings (SSSR count). The molecule has 0 aliphatic rings. The lowest BCUT2D eigenvalue weighted by Gasteiger charge is -1.93. The number of hydrogen-bond donors (Lipinski definition) is 0. The number of unbranched alkanes of at least 4 members (excludes halogenated alkanes) is 1. The van der Waals surface area contributed by atoms with E-state index >= 15 is 0 Å². The van der Waals surface area contributed by atoms with Gasteiger partial charge in [0.1, 0.15) is 0 Å². The molecule has 1 amide bonds. The van der Waals surface area contributed by atoms with Crippen molar-refractivity contribution >= 4 is 17.7 Å². The molecule has 3 heteroatoms. The summed E-state index contributed by atoms with van der Waals surface area (Å²) in [5, 5.41) is 0. The quantitative estimate of drug-likeness (QED) is 0.549. The van der Waals surface area contributed by atoms with Crippen LogP contribution in [0.1, 0.15) is 19.8 Å². The van der Waals surface area contributed by atoms with Crippen LogP contribution in [-0.2, 0) is 4.79 Å². The normalized spacial score (nSPS) is 9.44. The predicted molar refractivity (Wildman–Crippen MR) is 40.3 cm³/mol. The van der Waals surface area contributed by atoms with Gasteiger partial charge in [-0.05, 0) is 12.2 Å². The molecule has 1 N–H and O–H groups in total. The molecule has 0 saturated carbocycles. The van der Waals surface area contributed by atoms with Crippen molar-refractivity contribution in [1.82, 2.24) is 5.73 Å². The van der Waals surface area contributed by atoms with E-state index in [1.165, 1.54) is 6.42 Å². The van der Waals surface area contributed by atoms with Gasteiger partial charge in [-0.3, -0.25) is 10.5 Å². The van der Waals surface area contributed by atoms with E-state index < -0.39 is 5.91 Å². The molecular weight excluding hydrogens is 134 g/mol. The first-order valence-electron chi connectivity index (χ1n) is 3.09. The Balaban J connectivity index is 2.83. The number of amides is 1. The van der Waals surface area contributed by atoms with Crippen molar-refractivity contribution in [2.75, 3.05) is 11.5 Å². The maximum atomic E-state index is 10.1. The van der Waals surface area contributed by atoms with Crippen LogP contribution in [0.15, 0.2) is 0 Å². The maximum absolute atomic E-state index is 10.1. The summed E-state index contributed by atoms with van der Waals surface area (Å²) in [6.07, 6.45) is 2.32. The zero-order valence-corrected chi connectivity index (χ0v) is 6.46. The van der Waals surface area contributed by atoms with E-state index in [1.54, 1.807) is 11.8 Å². The third-order valence-electron chi connectivity index (χ3n) is 0.875. The molecule has 0 fully saturated rings. The van der Waals surface area contributed by atoms with E-state index in [-0.39, 0.29) is 0 Å². The van der Waals surface area contributed by atoms with Gasteiger partial charge in [-0.15, -0.1) is 0 Å². The van der Waals surface area contributed by atoms with Crippen molar-refractivity contribution in [2.45, 2.75) is 19.8 Å². The fourth-order valence-corrected chi connectivity index (χ4v) is 1.23. The van der Waals surface area contributed by atoms with Crippen molar-refractivity contribution in [3.8, 4) is 0 Å². The van der Waals surface area contributed by atoms with E-state index in [0.29, 0.717) is 5.75 Å². The predicted octanol–water partition coefficient (Wildman–Crippen LogP) is 1.33. The van der Waals surface area contributed by atoms with Crippen LogP contribution < -0.4 is 5.73 Å². The van der Waals surface area contributed by atoms with Gasteiger partial charge < -0.3 is 0 Å². The largest absolute Gasteiger partial charge is 0.272 e. The summed E-state index contributed by atoms with van der Waals surface area (Å²) in [4.78, 5) is 10.1. The summed E-state index contributed by atoms with van der Waals surface area (Å²) in [6, 6.07) is 0. The first-order chi connectivity index (χ1) is 4.27. The number of thioether (sulfide) groups is 1. The molecule has 0 aromatic carbocycles. The molecule has 0 saturated heterocycles. The van der Waals surface area contributed by atoms with Crippen LogP contribution in [0.4, 0.5) is 0 Å². The summed E-state index contributed by atoms with van der Waals surface area (Å²) in [5.74, 6) is 0.914. The van der Waals surface area contributed by atoms with Gasteiger partial charge in [-0.1, -0.05) is 13.3 Å². The van der Waals surface area contributed by atoms with Crippen molar-refractivity contribution < 1.29 is 4.79 Å². The van der Waals surface area contributed by atoms with Gasteiger partial charge in [0.2, 0.25) is 5.91 Å². The van der Waals surface area contributed by atoms with Gasteiger partial charge in [0.15, 0.2) is 0 Å². The molecule has 53 valence electrons. The van der Waals surface area contributed by atoms with Crippen LogP contribution in [0.3, 0.4) is 0 Å². The van der Waals surface area contributed by atoms with Gasteiger partial charge >= 0.3 is 0 Å². The smallest absolute Gasteiger partial charge is 0.248 e. The average Bonchev–Trinajstić information content (AvgIpc) is 1.80. The Morgan fingerprint density at radius 2 is 2.33 bits per heavy atom. The molecule has 0 aromatic rings. The van der Waals surface area contributed by atoms with Gasteiger partial charge in [0.25, 0.3) is 0 Å². The van der Waals surface area contributed by atoms with E-state index in [1.807, 2.05) is 0 Å². The third kappa shape index (κ3) is 7.82. The minimum Gasteiger partial charge on any atom is -0.272 e. The summed E-state index contributed by atoms with van der Waals surface area (Å²) >= 11 is 1.55. The van der Waals surface area contributed by atoms with Crippen molar-refractivity contribution in [3.63, 3.8) is 0 Å². The van der Waals surface area contributed by atoms with E-state index in [4.69, 9.17) is 5.73 Å². The van der Waals surface area contributed by atoms with Gasteiger partial charge in [0, 0.05) is 0 Å². The monoisotopic (exact) mass is 146 g/mol. The standard InChI is InChI=1S/C6H12NOS/c1-2-3-4-9-5-6(7)8/h7H,2-5H2,1H3. The Morgan fingerprint density at radius 3 is 2.78 bits per heavy atom. The number of rotatable bonds is 5. The summed E-state index contributed by atoms with van der Waals surface area (Å²) < 4.78 is 0. The zero-order valence-electron chi connectivity index (χ0n) is 5.64. The molecule has 0 aliphatic heterocycles. The Kier molecular flexibility index (Phi) is 5.83. The van der Waals surface area contributed by atoms with Crippen LogP contribution in [0.2, 0.25) is 0 Å². The molecule has 0 spiro atoms. The minimum atomic E-state index is -0.462. The summed E-state index contributed by atoms with van der Waals surface area (Å²) in [5.41, 5.74) is 6.55. The molecule has 0 aromatic heterocycles. The number of carbonyl (C=O) groups excluding carboxylic acids is 1. The van der Waals surface area contributed by atoms with E-state index in [2.05, 4.69) is 6.92 Å². The van der Waals surface area contributed by atoms with Crippen molar-refractivity contribution in [2.24, 2.45) is 0 Å². The average molecular weight is 146 g/mol. The minimum absolute atomic E-state index is 0.361. The zero-order chi connectivity index (χ0) is 7.11. The highest BCUT2D eigenvalue weighted by Gasteiger charge is 1.92. The highest BCUT2D eigenvalue weighted by atomic mass is 32.2. The highest BCUT2D eigenvalue weighted by molar-refractivity contribution is 7.99. The number of carbonyl (C=O) groups is 1. The molecule has 0 bridgehead atoms. The molecule has 9 heavy (non-hydrogen) atoms. The first-order valence-corrected chi connectivity index (χ1v) is 4.25. The van der Waals surface area contributed by atoms with E-state index in [0.717, 1.165) is 12.2 Å². The molecule has 0 heterocycles. The van der Waals surface area contributed by atoms with Crippen LogP contribution in [0.25, 0.3) is 0 Å². The molecule has 0 atom stereocenters. The Bertz CT molecular complexity index is 85.1. The third-order valence-corrected chi connectivity index (χ3v) is 1.92. The van der Waals surface area contributed by atoms with Crippen LogP contribution in [0, 0.1) is 0 Å². The first kappa shape index (κ1) is 8.82. The van der Waals surface area contributed by atoms with Crippen molar-refractivity contribution in [3.05, 3.63) is 0 Å². The van der Waals surface area contributed by atoms with Crippen LogP contribution in [0.5, 0.6) is 0 Å². The number of nitrogens with one attached hydrogen (secondary N) is 1.